The normalized spacial score (nSPS) is 27.1. The van der Waals surface area contributed by atoms with E-state index in [2.05, 4.69) is 32.1 Å². The number of methoxy groups -OCH3 is 1. The molecule has 0 amide bonds. The maximum absolute atomic E-state index is 11.8. The van der Waals surface area contributed by atoms with Gasteiger partial charge in [0.15, 0.2) is 0 Å². The SMILES string of the molecule is COC(=O)c1ccc([C@@H]2[C@H](C#N)C(=N)C(C#N)(C#N)C3=CC[NH+](C(C)C)C[C@@H]32)cc1. The fraction of sp³-hybridized carbons (Fsp3) is 0.435. The van der Waals surface area contributed by atoms with E-state index in [-0.39, 0.29) is 17.5 Å². The summed E-state index contributed by atoms with van der Waals surface area (Å²) in [4.78, 5) is 13.1. The topological polar surface area (TPSA) is 126 Å². The van der Waals surface area contributed by atoms with Gasteiger partial charge in [-0.05, 0) is 43.2 Å². The predicted octanol–water partition coefficient (Wildman–Crippen LogP) is 1.61. The number of benzene rings is 1. The molecular formula is C23H24N5O2+. The number of ether oxygens (including phenoxy) is 1. The Morgan fingerprint density at radius 3 is 2.37 bits per heavy atom. The van der Waals surface area contributed by atoms with Crippen LogP contribution < -0.4 is 4.90 Å². The first kappa shape index (κ1) is 21.2. The van der Waals surface area contributed by atoms with Gasteiger partial charge in [-0.1, -0.05) is 12.1 Å². The molecule has 152 valence electrons. The summed E-state index contributed by atoms with van der Waals surface area (Å²) in [5, 5.41) is 38.4. The molecule has 1 unspecified atom stereocenters. The van der Waals surface area contributed by atoms with Gasteiger partial charge in [-0.2, -0.15) is 15.8 Å². The molecule has 1 aliphatic carbocycles. The minimum absolute atomic E-state index is 0.160. The van der Waals surface area contributed by atoms with E-state index in [1.54, 1.807) is 24.3 Å². The van der Waals surface area contributed by atoms with Gasteiger partial charge in [0.1, 0.15) is 0 Å². The minimum atomic E-state index is -1.70. The summed E-state index contributed by atoms with van der Waals surface area (Å²) >= 11 is 0. The largest absolute Gasteiger partial charge is 0.465 e. The van der Waals surface area contributed by atoms with Crippen LogP contribution in [0.25, 0.3) is 0 Å². The van der Waals surface area contributed by atoms with E-state index in [4.69, 9.17) is 10.1 Å². The standard InChI is InChI=1S/C23H23N5O2/c1-14(2)28-9-8-19-18(11-28)20(15-4-6-16(7-5-15)22(29)30-3)17(10-24)21(27)23(19,12-25)13-26/h4-8,14,17-18,20,27H,9,11H2,1-3H3/p+1/t17-,18-,20+/m0/s1. The summed E-state index contributed by atoms with van der Waals surface area (Å²) < 4.78 is 4.75. The quantitative estimate of drug-likeness (QED) is 0.587. The number of nitriles is 3. The maximum atomic E-state index is 11.8. The van der Waals surface area contributed by atoms with Crippen molar-refractivity contribution in [2.45, 2.75) is 25.8 Å². The van der Waals surface area contributed by atoms with Crippen molar-refractivity contribution in [3.05, 3.63) is 47.0 Å². The van der Waals surface area contributed by atoms with E-state index in [1.165, 1.54) is 12.0 Å². The lowest BCUT2D eigenvalue weighted by Crippen LogP contribution is -3.16. The Labute approximate surface area is 176 Å². The Balaban J connectivity index is 2.16. The lowest BCUT2D eigenvalue weighted by Gasteiger charge is -2.46. The molecule has 0 aromatic heterocycles. The molecule has 2 aliphatic rings. The Kier molecular flexibility index (Phi) is 5.74. The number of nitrogens with zero attached hydrogens (tertiary/aromatic N) is 3. The van der Waals surface area contributed by atoms with Crippen molar-refractivity contribution in [3.63, 3.8) is 0 Å². The van der Waals surface area contributed by atoms with Crippen LogP contribution in [-0.4, -0.2) is 37.9 Å². The van der Waals surface area contributed by atoms with Crippen molar-refractivity contribution in [2.24, 2.45) is 17.3 Å². The van der Waals surface area contributed by atoms with Crippen LogP contribution in [0.1, 0.15) is 35.7 Å². The number of hydrogen-bond donors (Lipinski definition) is 2. The molecule has 1 aliphatic heterocycles. The highest BCUT2D eigenvalue weighted by Crippen LogP contribution is 2.51. The van der Waals surface area contributed by atoms with Crippen LogP contribution in [0.3, 0.4) is 0 Å². The number of fused-ring (bicyclic) bond motifs is 1. The highest BCUT2D eigenvalue weighted by Gasteiger charge is 2.57. The zero-order valence-electron chi connectivity index (χ0n) is 17.3. The number of esters is 1. The van der Waals surface area contributed by atoms with E-state index in [9.17, 15) is 20.6 Å². The first-order valence-corrected chi connectivity index (χ1v) is 9.89. The van der Waals surface area contributed by atoms with E-state index >= 15 is 0 Å². The number of rotatable bonds is 3. The van der Waals surface area contributed by atoms with Gasteiger partial charge in [-0.3, -0.25) is 0 Å². The van der Waals surface area contributed by atoms with Gasteiger partial charge in [0.25, 0.3) is 0 Å². The van der Waals surface area contributed by atoms with Crippen LogP contribution in [0.15, 0.2) is 35.9 Å². The molecule has 3 rings (SSSR count). The number of hydrogen-bond acceptors (Lipinski definition) is 6. The maximum Gasteiger partial charge on any atom is 0.337 e. The number of nitrogens with one attached hydrogen (secondary N) is 2. The smallest absolute Gasteiger partial charge is 0.337 e. The average molecular weight is 402 g/mol. The van der Waals surface area contributed by atoms with Crippen molar-refractivity contribution in [1.29, 1.82) is 21.2 Å². The van der Waals surface area contributed by atoms with Crippen molar-refractivity contribution in [1.82, 2.24) is 0 Å². The van der Waals surface area contributed by atoms with Crippen LogP contribution in [0.2, 0.25) is 0 Å². The minimum Gasteiger partial charge on any atom is -0.465 e. The summed E-state index contributed by atoms with van der Waals surface area (Å²) in [6, 6.07) is 13.5. The molecule has 1 saturated carbocycles. The molecule has 0 radical (unpaired) electrons. The molecule has 7 nitrogen and oxygen atoms in total. The number of quaternary nitrogens is 1. The van der Waals surface area contributed by atoms with E-state index < -0.39 is 17.3 Å². The first-order valence-electron chi connectivity index (χ1n) is 9.89. The van der Waals surface area contributed by atoms with Crippen LogP contribution in [-0.2, 0) is 4.74 Å². The molecule has 1 heterocycles. The van der Waals surface area contributed by atoms with Crippen molar-refractivity contribution in [2.75, 3.05) is 20.2 Å². The molecule has 1 fully saturated rings. The molecular weight excluding hydrogens is 378 g/mol. The van der Waals surface area contributed by atoms with Crippen LogP contribution >= 0.6 is 0 Å². The molecule has 30 heavy (non-hydrogen) atoms. The summed E-state index contributed by atoms with van der Waals surface area (Å²) in [5.41, 5.74) is -0.0130. The van der Waals surface area contributed by atoms with Crippen LogP contribution in [0.5, 0.6) is 0 Å². The Morgan fingerprint density at radius 2 is 1.87 bits per heavy atom. The monoisotopic (exact) mass is 402 g/mol. The third-order valence-corrected chi connectivity index (χ3v) is 6.41. The van der Waals surface area contributed by atoms with E-state index in [1.807, 2.05) is 6.08 Å². The van der Waals surface area contributed by atoms with Crippen molar-refractivity contribution < 1.29 is 14.4 Å². The Morgan fingerprint density at radius 1 is 1.23 bits per heavy atom. The highest BCUT2D eigenvalue weighted by atomic mass is 16.5. The molecule has 0 spiro atoms. The molecule has 7 heteroatoms. The Hall–Kier alpha value is -3.47. The van der Waals surface area contributed by atoms with Gasteiger partial charge in [0.2, 0.25) is 5.41 Å². The summed E-state index contributed by atoms with van der Waals surface area (Å²) in [5.74, 6) is -1.94. The zero-order chi connectivity index (χ0) is 22.1. The summed E-state index contributed by atoms with van der Waals surface area (Å²) in [6.07, 6.45) is 1.92. The lowest BCUT2D eigenvalue weighted by atomic mass is 9.55. The fourth-order valence-corrected chi connectivity index (χ4v) is 4.70. The van der Waals surface area contributed by atoms with Gasteiger partial charge in [-0.15, -0.1) is 0 Å². The van der Waals surface area contributed by atoms with Crippen LogP contribution in [0.4, 0.5) is 0 Å². The molecule has 0 bridgehead atoms. The van der Waals surface area contributed by atoms with Gasteiger partial charge < -0.3 is 15.0 Å². The third kappa shape index (κ3) is 3.16. The molecule has 1 aromatic rings. The van der Waals surface area contributed by atoms with Crippen molar-refractivity contribution in [3.8, 4) is 18.2 Å². The van der Waals surface area contributed by atoms with Gasteiger partial charge >= 0.3 is 5.97 Å². The second kappa shape index (κ2) is 8.11. The summed E-state index contributed by atoms with van der Waals surface area (Å²) in [7, 11) is 1.32. The molecule has 4 atom stereocenters. The van der Waals surface area contributed by atoms with E-state index in [0.717, 1.165) is 5.56 Å². The predicted molar refractivity (Wildman–Crippen MR) is 108 cm³/mol. The average Bonchev–Trinajstić information content (AvgIpc) is 2.78. The second-order valence-electron chi connectivity index (χ2n) is 8.12. The van der Waals surface area contributed by atoms with E-state index in [0.29, 0.717) is 30.3 Å². The molecule has 1 aromatic carbocycles. The zero-order valence-corrected chi connectivity index (χ0v) is 17.3. The fourth-order valence-electron chi connectivity index (χ4n) is 4.70. The third-order valence-electron chi connectivity index (χ3n) is 6.41. The van der Waals surface area contributed by atoms with Crippen molar-refractivity contribution >= 4 is 11.7 Å². The van der Waals surface area contributed by atoms with Gasteiger partial charge in [0.05, 0.1) is 61.6 Å². The number of carbonyl (C=O) groups excluding carboxylic acids is 1. The highest BCUT2D eigenvalue weighted by molar-refractivity contribution is 6.01. The summed E-state index contributed by atoms with van der Waals surface area (Å²) in [6.45, 7) is 5.57. The number of carbonyl (C=O) groups is 1. The molecule has 2 N–H and O–H groups in total. The second-order valence-corrected chi connectivity index (χ2v) is 8.12. The first-order chi connectivity index (χ1) is 14.3. The molecule has 0 saturated heterocycles. The van der Waals surface area contributed by atoms with Gasteiger partial charge in [-0.25, -0.2) is 4.79 Å². The van der Waals surface area contributed by atoms with Crippen LogP contribution in [0, 0.1) is 56.7 Å². The Bertz CT molecular complexity index is 1010. The van der Waals surface area contributed by atoms with Gasteiger partial charge in [0, 0.05) is 11.8 Å². The lowest BCUT2D eigenvalue weighted by molar-refractivity contribution is -0.920.